The fourth-order valence-electron chi connectivity index (χ4n) is 7.10. The maximum Gasteiger partial charge on any atom is 0.411 e. The zero-order valence-electron chi connectivity index (χ0n) is 32.8. The molecule has 16 nitrogen and oxygen atoms in total. The molecule has 0 unspecified atom stereocenters. The molecule has 2 aromatic carbocycles. The summed E-state index contributed by atoms with van der Waals surface area (Å²) in [5.41, 5.74) is -1.79. The highest BCUT2D eigenvalue weighted by atomic mass is 32.2. The number of halogens is 1. The van der Waals surface area contributed by atoms with Gasteiger partial charge < -0.3 is 25.2 Å². The molecule has 0 radical (unpaired) electrons. The van der Waals surface area contributed by atoms with Gasteiger partial charge in [-0.05, 0) is 63.8 Å². The van der Waals surface area contributed by atoms with E-state index in [0.717, 1.165) is 11.3 Å². The van der Waals surface area contributed by atoms with Crippen LogP contribution in [0.1, 0.15) is 89.7 Å². The molecule has 1 aliphatic carbocycles. The van der Waals surface area contributed by atoms with Gasteiger partial charge in [-0.25, -0.2) is 27.1 Å². The molecule has 0 spiro atoms. The summed E-state index contributed by atoms with van der Waals surface area (Å²) in [6.45, 7) is 8.48. The van der Waals surface area contributed by atoms with E-state index in [1.165, 1.54) is 41.3 Å². The van der Waals surface area contributed by atoms with Crippen molar-refractivity contribution in [1.82, 2.24) is 19.8 Å². The van der Waals surface area contributed by atoms with Crippen LogP contribution < -0.4 is 15.4 Å². The minimum absolute atomic E-state index is 0.0120. The van der Waals surface area contributed by atoms with Crippen molar-refractivity contribution in [2.45, 2.75) is 120 Å². The lowest BCUT2D eigenvalue weighted by atomic mass is 10.1. The monoisotopic (exact) mass is 827 g/mol. The van der Waals surface area contributed by atoms with E-state index in [1.807, 2.05) is 4.72 Å². The Morgan fingerprint density at radius 1 is 0.966 bits per heavy atom. The molecule has 1 saturated carbocycles. The molecule has 1 saturated heterocycles. The first-order chi connectivity index (χ1) is 27.3. The number of carboxylic acid groups (broad SMARTS) is 1. The van der Waals surface area contributed by atoms with Crippen LogP contribution in [0.25, 0.3) is 0 Å². The molecule has 2 aromatic rings. The van der Waals surface area contributed by atoms with Gasteiger partial charge in [0.25, 0.3) is 15.9 Å². The topological polar surface area (TPSA) is 218 Å². The third-order valence-corrected chi connectivity index (χ3v) is 11.6. The van der Waals surface area contributed by atoms with Gasteiger partial charge in [0, 0.05) is 37.3 Å². The Hall–Kier alpha value is -5.52. The first-order valence-corrected chi connectivity index (χ1v) is 20.7. The molecule has 5 amide bonds. The number of unbranched alkanes of at least 4 members (excludes halogenated alkanes) is 4. The molecule has 58 heavy (non-hydrogen) atoms. The van der Waals surface area contributed by atoms with Gasteiger partial charge in [-0.2, -0.15) is 0 Å². The Morgan fingerprint density at radius 2 is 1.66 bits per heavy atom. The van der Waals surface area contributed by atoms with E-state index in [4.69, 9.17) is 14.6 Å². The number of benzene rings is 2. The summed E-state index contributed by atoms with van der Waals surface area (Å²) in [5, 5.41) is 14.0. The number of hydrogen-bond acceptors (Lipinski definition) is 10. The molecule has 3 aliphatic rings. The number of carbonyl (C=O) groups excluding carboxylic acids is 5. The standard InChI is InChI=1S/C40H50FN5O11S/c1-5-26-21-40(26,36(51)44-58(54,55)32-17-12-11-16-30(32)42-33(47)18-9-7-6-8-10-19-34(48)49)43-35(50)31-20-27(23-46(31)38(53)57-39(2,3)4)56-37(52)45-22-25-14-13-15-29(41)28(25)24-45/h5,11-17,26-27,31H,1,6-10,18-24H2,2-4H3,(H,42,47)(H,43,50)(H,44,51)(H,48,49)/t26-,27-,31+,40-/m1/s1. The molecule has 2 aliphatic heterocycles. The highest BCUT2D eigenvalue weighted by Gasteiger charge is 2.61. The van der Waals surface area contributed by atoms with Crippen LogP contribution in [0.4, 0.5) is 19.7 Å². The number of nitrogens with zero attached hydrogens (tertiary/aromatic N) is 2. The van der Waals surface area contributed by atoms with Gasteiger partial charge in [-0.1, -0.05) is 49.6 Å². The zero-order valence-corrected chi connectivity index (χ0v) is 33.6. The second kappa shape index (κ2) is 18.0. The molecule has 2 fully saturated rings. The molecule has 5 rings (SSSR count). The van der Waals surface area contributed by atoms with E-state index in [-0.39, 0.29) is 55.9 Å². The molecule has 314 valence electrons. The van der Waals surface area contributed by atoms with Crippen LogP contribution in [0.3, 0.4) is 0 Å². The van der Waals surface area contributed by atoms with Crippen molar-refractivity contribution in [1.29, 1.82) is 0 Å². The number of para-hydroxylation sites is 1. The summed E-state index contributed by atoms with van der Waals surface area (Å²) in [7, 11) is -4.62. The van der Waals surface area contributed by atoms with Crippen LogP contribution >= 0.6 is 0 Å². The average Bonchev–Trinajstić information content (AvgIpc) is 3.43. The van der Waals surface area contributed by atoms with Crippen molar-refractivity contribution in [3.8, 4) is 0 Å². The SMILES string of the molecule is C=C[C@@H]1C[C@]1(NC(=O)[C@@H]1C[C@@H](OC(=O)N2Cc3cccc(F)c3C2)CN1C(=O)OC(C)(C)C)C(=O)NS(=O)(=O)c1ccccc1NC(=O)CCCCCCCC(=O)O. The molecule has 2 heterocycles. The second-order valence-electron chi connectivity index (χ2n) is 15.8. The summed E-state index contributed by atoms with van der Waals surface area (Å²) in [4.78, 5) is 79.9. The number of nitrogens with one attached hydrogen (secondary N) is 3. The lowest BCUT2D eigenvalue weighted by molar-refractivity contribution is -0.137. The van der Waals surface area contributed by atoms with Gasteiger partial charge in [0.1, 0.15) is 34.0 Å². The quantitative estimate of drug-likeness (QED) is 0.131. The first kappa shape index (κ1) is 43.6. The van der Waals surface area contributed by atoms with Crippen LogP contribution in [0, 0.1) is 11.7 Å². The van der Waals surface area contributed by atoms with E-state index in [2.05, 4.69) is 17.2 Å². The molecular formula is C40H50FN5O11S. The number of hydrogen-bond donors (Lipinski definition) is 4. The minimum Gasteiger partial charge on any atom is -0.481 e. The second-order valence-corrected chi connectivity index (χ2v) is 17.4. The normalized spacial score (nSPS) is 21.1. The summed E-state index contributed by atoms with van der Waals surface area (Å²) in [6.07, 6.45) is 1.90. The fourth-order valence-corrected chi connectivity index (χ4v) is 8.30. The van der Waals surface area contributed by atoms with Gasteiger partial charge in [0.2, 0.25) is 11.8 Å². The van der Waals surface area contributed by atoms with Crippen LogP contribution in [-0.2, 0) is 51.8 Å². The smallest absolute Gasteiger partial charge is 0.411 e. The van der Waals surface area contributed by atoms with E-state index in [1.54, 1.807) is 32.9 Å². The predicted molar refractivity (Wildman–Crippen MR) is 207 cm³/mol. The Bertz CT molecular complexity index is 2060. The van der Waals surface area contributed by atoms with E-state index in [9.17, 15) is 41.6 Å². The average molecular weight is 828 g/mol. The van der Waals surface area contributed by atoms with Gasteiger partial charge in [0.15, 0.2) is 0 Å². The number of carbonyl (C=O) groups is 6. The highest BCUT2D eigenvalue weighted by Crippen LogP contribution is 2.45. The Kier molecular flexibility index (Phi) is 13.5. The lowest BCUT2D eigenvalue weighted by Gasteiger charge is -2.29. The highest BCUT2D eigenvalue weighted by molar-refractivity contribution is 7.90. The Balaban J connectivity index is 1.24. The third-order valence-electron chi connectivity index (χ3n) is 10.2. The fraction of sp³-hybridized carbons (Fsp3) is 0.500. The van der Waals surface area contributed by atoms with Gasteiger partial charge >= 0.3 is 18.2 Å². The number of anilines is 1. The number of ether oxygens (including phenoxy) is 2. The van der Waals surface area contributed by atoms with Crippen LogP contribution in [0.15, 0.2) is 60.0 Å². The third kappa shape index (κ3) is 10.7. The molecule has 0 aromatic heterocycles. The number of fused-ring (bicyclic) bond motifs is 1. The molecular weight excluding hydrogens is 778 g/mol. The van der Waals surface area contributed by atoms with Crippen LogP contribution in [0.2, 0.25) is 0 Å². The number of likely N-dealkylation sites (tertiary alicyclic amines) is 1. The van der Waals surface area contributed by atoms with Crippen molar-refractivity contribution in [3.05, 3.63) is 72.1 Å². The van der Waals surface area contributed by atoms with Crippen molar-refractivity contribution < 1.29 is 56.2 Å². The lowest BCUT2D eigenvalue weighted by Crippen LogP contribution is -2.56. The summed E-state index contributed by atoms with van der Waals surface area (Å²) in [5.74, 6) is -4.35. The van der Waals surface area contributed by atoms with Gasteiger partial charge in [-0.15, -0.1) is 6.58 Å². The minimum atomic E-state index is -4.62. The maximum absolute atomic E-state index is 14.4. The number of aliphatic carboxylic acids is 1. The van der Waals surface area contributed by atoms with E-state index in [0.29, 0.717) is 36.8 Å². The molecule has 4 atom stereocenters. The van der Waals surface area contributed by atoms with Gasteiger partial charge in [-0.3, -0.25) is 29.0 Å². The van der Waals surface area contributed by atoms with Crippen LogP contribution in [-0.4, -0.2) is 89.0 Å². The maximum atomic E-state index is 14.4. The van der Waals surface area contributed by atoms with E-state index < -0.39 is 80.9 Å². The Morgan fingerprint density at radius 3 is 2.31 bits per heavy atom. The number of sulfonamides is 1. The first-order valence-electron chi connectivity index (χ1n) is 19.2. The van der Waals surface area contributed by atoms with Crippen molar-refractivity contribution >= 4 is 51.6 Å². The van der Waals surface area contributed by atoms with Crippen molar-refractivity contribution in [2.75, 3.05) is 11.9 Å². The predicted octanol–water partition coefficient (Wildman–Crippen LogP) is 4.98. The summed E-state index contributed by atoms with van der Waals surface area (Å²) < 4.78 is 55.0. The molecule has 0 bridgehead atoms. The zero-order chi connectivity index (χ0) is 42.4. The summed E-state index contributed by atoms with van der Waals surface area (Å²) in [6, 6.07) is 8.77. The van der Waals surface area contributed by atoms with E-state index >= 15 is 0 Å². The largest absolute Gasteiger partial charge is 0.481 e. The van der Waals surface area contributed by atoms with Crippen molar-refractivity contribution in [2.24, 2.45) is 5.92 Å². The number of carboxylic acids is 1. The van der Waals surface area contributed by atoms with Crippen molar-refractivity contribution in [3.63, 3.8) is 0 Å². The van der Waals surface area contributed by atoms with Crippen LogP contribution in [0.5, 0.6) is 0 Å². The molecule has 4 N–H and O–H groups in total. The number of amides is 5. The number of rotatable bonds is 16. The van der Waals surface area contributed by atoms with Gasteiger partial charge in [0.05, 0.1) is 18.8 Å². The summed E-state index contributed by atoms with van der Waals surface area (Å²) >= 11 is 0. The Labute approximate surface area is 336 Å². The molecule has 18 heteroatoms.